The van der Waals surface area contributed by atoms with Crippen LogP contribution in [0.4, 0.5) is 0 Å². The Labute approximate surface area is 365 Å². The van der Waals surface area contributed by atoms with Crippen molar-refractivity contribution in [2.24, 2.45) is 0 Å². The molecule has 0 aliphatic heterocycles. The third-order valence-electron chi connectivity index (χ3n) is 13.1. The maximum atomic E-state index is 5.65. The third kappa shape index (κ3) is 4.91. The average molecular weight is 819 g/mol. The highest BCUT2D eigenvalue weighted by atomic mass is 32.1. The minimum atomic E-state index is 0.854. The minimum absolute atomic E-state index is 0.854. The summed E-state index contributed by atoms with van der Waals surface area (Å²) in [6.45, 7) is 0. The summed E-state index contributed by atoms with van der Waals surface area (Å²) in [5.74, 6) is 0. The molecule has 0 amide bonds. The van der Waals surface area contributed by atoms with E-state index in [9.17, 15) is 0 Å². The molecule has 0 atom stereocenters. The average Bonchev–Trinajstić information content (AvgIpc) is 4.02. The Morgan fingerprint density at radius 1 is 0.333 bits per heavy atom. The summed E-state index contributed by atoms with van der Waals surface area (Å²) in [6.07, 6.45) is 0. The highest BCUT2D eigenvalue weighted by Crippen LogP contribution is 2.46. The monoisotopic (exact) mass is 818 g/mol. The van der Waals surface area contributed by atoms with Crippen molar-refractivity contribution in [3.8, 4) is 33.9 Å². The molecule has 0 bridgehead atoms. The van der Waals surface area contributed by atoms with E-state index in [0.717, 1.165) is 55.5 Å². The first-order chi connectivity index (χ1) is 31.3. The van der Waals surface area contributed by atoms with Gasteiger partial charge in [0.05, 0.1) is 54.9 Å². The summed E-state index contributed by atoms with van der Waals surface area (Å²) >= 11 is 1.87. The Morgan fingerprint density at radius 3 is 1.51 bits per heavy atom. The molecular weight excluding hydrogens is 785 g/mol. The van der Waals surface area contributed by atoms with Crippen LogP contribution in [0, 0.1) is 0 Å². The van der Waals surface area contributed by atoms with E-state index in [2.05, 4.69) is 215 Å². The van der Waals surface area contributed by atoms with Crippen molar-refractivity contribution < 1.29 is 0 Å². The lowest BCUT2D eigenvalue weighted by Crippen LogP contribution is -2.00. The van der Waals surface area contributed by atoms with Crippen molar-refractivity contribution in [2.45, 2.75) is 0 Å². The van der Waals surface area contributed by atoms with Crippen LogP contribution in [0.2, 0.25) is 0 Å². The Hall–Kier alpha value is -8.12. The fourth-order valence-electron chi connectivity index (χ4n) is 10.4. The van der Waals surface area contributed by atoms with Gasteiger partial charge in [-0.1, -0.05) is 170 Å². The number of nitrogens with zero attached hydrogens (tertiary/aromatic N) is 4. The van der Waals surface area contributed by atoms with Crippen LogP contribution in [0.15, 0.2) is 206 Å². The second-order valence-corrected chi connectivity index (χ2v) is 17.5. The van der Waals surface area contributed by atoms with E-state index in [4.69, 9.17) is 9.97 Å². The van der Waals surface area contributed by atoms with Gasteiger partial charge < -0.3 is 9.13 Å². The maximum absolute atomic E-state index is 5.65. The number of aromatic nitrogens is 4. The van der Waals surface area contributed by atoms with Crippen molar-refractivity contribution >= 4 is 108 Å². The molecule has 63 heavy (non-hydrogen) atoms. The van der Waals surface area contributed by atoms with Crippen LogP contribution in [0.1, 0.15) is 0 Å². The smallest absolute Gasteiger partial charge is 0.0979 e. The second-order valence-electron chi connectivity index (χ2n) is 16.4. The van der Waals surface area contributed by atoms with Gasteiger partial charge in [0.1, 0.15) is 0 Å². The summed E-state index contributed by atoms with van der Waals surface area (Å²) in [5.41, 5.74) is 12.5. The van der Waals surface area contributed by atoms with Crippen LogP contribution < -0.4 is 0 Å². The van der Waals surface area contributed by atoms with Gasteiger partial charge in [0.2, 0.25) is 0 Å². The zero-order valence-corrected chi connectivity index (χ0v) is 34.6. The summed E-state index contributed by atoms with van der Waals surface area (Å²) in [4.78, 5) is 11.2. The molecule has 0 spiro atoms. The first-order valence-electron chi connectivity index (χ1n) is 21.4. The highest BCUT2D eigenvalue weighted by molar-refractivity contribution is 7.26. The van der Waals surface area contributed by atoms with E-state index in [0.29, 0.717) is 0 Å². The third-order valence-corrected chi connectivity index (χ3v) is 14.3. The van der Waals surface area contributed by atoms with Crippen LogP contribution in [0.25, 0.3) is 130 Å². The molecule has 5 heteroatoms. The normalized spacial score (nSPS) is 12.1. The minimum Gasteiger partial charge on any atom is -0.307 e. The van der Waals surface area contributed by atoms with Gasteiger partial charge in [-0.15, -0.1) is 11.3 Å². The van der Waals surface area contributed by atoms with Gasteiger partial charge in [-0.3, -0.25) is 0 Å². The first-order valence-corrected chi connectivity index (χ1v) is 22.2. The first kappa shape index (κ1) is 34.6. The van der Waals surface area contributed by atoms with E-state index < -0.39 is 0 Å². The molecule has 0 aliphatic rings. The standard InChI is InChI=1S/C58H34N4S/c1-2-16-35(17-3-1)52-53(60-55-44-26-7-5-21-39(44)38-20-4-6-25-43(38)54(55)59-52)36-18-14-19-37(34-36)61-48-28-11-8-22-40(48)45-32-33-46-41-23-9-12-29-49(41)62(57(46)56(45)61)50-30-15-27-47-42-24-10-13-31-51(42)63-58(47)50/h1-34H. The molecule has 0 N–H and O–H groups in total. The van der Waals surface area contributed by atoms with E-state index in [1.807, 2.05) is 11.3 Å². The van der Waals surface area contributed by atoms with Gasteiger partial charge in [-0.05, 0) is 47.2 Å². The number of rotatable bonds is 4. The number of fused-ring (bicyclic) bond motifs is 16. The number of hydrogen-bond acceptors (Lipinski definition) is 3. The van der Waals surface area contributed by atoms with Crippen molar-refractivity contribution in [2.75, 3.05) is 0 Å². The van der Waals surface area contributed by atoms with Crippen LogP contribution in [-0.4, -0.2) is 19.1 Å². The zero-order valence-electron chi connectivity index (χ0n) is 33.8. The fourth-order valence-corrected chi connectivity index (χ4v) is 11.6. The van der Waals surface area contributed by atoms with Crippen molar-refractivity contribution in [1.82, 2.24) is 19.1 Å². The lowest BCUT2D eigenvalue weighted by atomic mass is 9.97. The van der Waals surface area contributed by atoms with Crippen LogP contribution in [-0.2, 0) is 0 Å². The van der Waals surface area contributed by atoms with Crippen LogP contribution in [0.5, 0.6) is 0 Å². The van der Waals surface area contributed by atoms with Crippen LogP contribution in [0.3, 0.4) is 0 Å². The second kappa shape index (κ2) is 13.2. The molecule has 14 rings (SSSR count). The predicted molar refractivity (Wildman–Crippen MR) is 267 cm³/mol. The zero-order chi connectivity index (χ0) is 41.2. The number of benzene rings is 10. The summed E-state index contributed by atoms with van der Waals surface area (Å²) in [6, 6.07) is 74.6. The maximum Gasteiger partial charge on any atom is 0.0979 e. The largest absolute Gasteiger partial charge is 0.307 e. The van der Waals surface area contributed by atoms with Gasteiger partial charge >= 0.3 is 0 Å². The summed E-state index contributed by atoms with van der Waals surface area (Å²) in [7, 11) is 0. The molecule has 4 aromatic heterocycles. The predicted octanol–water partition coefficient (Wildman–Crippen LogP) is 15.8. The molecule has 4 nitrogen and oxygen atoms in total. The van der Waals surface area contributed by atoms with Gasteiger partial charge in [0.25, 0.3) is 0 Å². The molecular formula is C58H34N4S. The molecule has 0 fully saturated rings. The van der Waals surface area contributed by atoms with Crippen molar-refractivity contribution in [3.63, 3.8) is 0 Å². The Balaban J connectivity index is 1.09. The van der Waals surface area contributed by atoms with Gasteiger partial charge in [-0.2, -0.15) is 0 Å². The number of para-hydroxylation sites is 2. The molecule has 0 unspecified atom stereocenters. The molecule has 292 valence electrons. The van der Waals surface area contributed by atoms with E-state index in [1.165, 1.54) is 74.7 Å². The Morgan fingerprint density at radius 2 is 0.825 bits per heavy atom. The van der Waals surface area contributed by atoms with Crippen LogP contribution >= 0.6 is 11.3 Å². The summed E-state index contributed by atoms with van der Waals surface area (Å²) in [5, 5.41) is 12.0. The van der Waals surface area contributed by atoms with Gasteiger partial charge in [0.15, 0.2) is 0 Å². The summed E-state index contributed by atoms with van der Waals surface area (Å²) < 4.78 is 7.59. The van der Waals surface area contributed by atoms with Gasteiger partial charge in [-0.25, -0.2) is 9.97 Å². The topological polar surface area (TPSA) is 35.6 Å². The SMILES string of the molecule is c1ccc(-c2nc3c4ccccc4c4ccccc4c3nc2-c2cccc(-n3c4ccccc4c4ccc5c6ccccc6n(-c6cccc7c6sc6ccccc67)c5c43)c2)cc1. The quantitative estimate of drug-likeness (QED) is 0.166. The van der Waals surface area contributed by atoms with Crippen molar-refractivity contribution in [3.05, 3.63) is 206 Å². The Bertz CT molecular complexity index is 4210. The molecule has 4 heterocycles. The molecule has 0 radical (unpaired) electrons. The lowest BCUT2D eigenvalue weighted by molar-refractivity contribution is 1.16. The van der Waals surface area contributed by atoms with Gasteiger partial charge in [0, 0.05) is 64.6 Å². The van der Waals surface area contributed by atoms with Crippen molar-refractivity contribution in [1.29, 1.82) is 0 Å². The molecule has 0 aliphatic carbocycles. The van der Waals surface area contributed by atoms with E-state index >= 15 is 0 Å². The Kier molecular flexibility index (Phi) is 7.24. The van der Waals surface area contributed by atoms with E-state index in [-0.39, 0.29) is 0 Å². The van der Waals surface area contributed by atoms with E-state index in [1.54, 1.807) is 0 Å². The molecule has 0 saturated heterocycles. The highest BCUT2D eigenvalue weighted by Gasteiger charge is 2.24. The lowest BCUT2D eigenvalue weighted by Gasteiger charge is -2.16. The number of thiophene rings is 1. The number of hydrogen-bond donors (Lipinski definition) is 0. The molecule has 14 aromatic rings. The molecule has 10 aromatic carbocycles. The fraction of sp³-hybridized carbons (Fsp3) is 0. The molecule has 0 saturated carbocycles.